The first-order valence-corrected chi connectivity index (χ1v) is 9.85. The number of thiophene rings is 1. The van der Waals surface area contributed by atoms with Gasteiger partial charge in [-0.05, 0) is 47.8 Å². The fraction of sp³-hybridized carbons (Fsp3) is 0.0588. The molecule has 0 saturated heterocycles. The summed E-state index contributed by atoms with van der Waals surface area (Å²) in [7, 11) is -3.89. The molecule has 1 amide bonds. The van der Waals surface area contributed by atoms with E-state index in [0.29, 0.717) is 6.54 Å². The third-order valence-corrected chi connectivity index (χ3v) is 5.65. The highest BCUT2D eigenvalue weighted by Gasteiger charge is 2.15. The molecule has 134 valence electrons. The molecule has 9 heteroatoms. The van der Waals surface area contributed by atoms with Crippen molar-refractivity contribution in [2.75, 3.05) is 4.72 Å². The van der Waals surface area contributed by atoms with Gasteiger partial charge in [0.15, 0.2) is 0 Å². The van der Waals surface area contributed by atoms with Gasteiger partial charge in [-0.2, -0.15) is 0 Å². The second-order valence-electron chi connectivity index (χ2n) is 5.25. The first-order chi connectivity index (χ1) is 12.4. The molecule has 2 heterocycles. The van der Waals surface area contributed by atoms with Crippen LogP contribution >= 0.6 is 11.3 Å². The van der Waals surface area contributed by atoms with Crippen molar-refractivity contribution in [3.8, 4) is 0 Å². The molecule has 0 fully saturated rings. The van der Waals surface area contributed by atoms with Crippen LogP contribution in [-0.2, 0) is 16.6 Å². The van der Waals surface area contributed by atoms with E-state index in [1.54, 1.807) is 0 Å². The molecule has 0 aliphatic carbocycles. The van der Waals surface area contributed by atoms with Gasteiger partial charge in [-0.15, -0.1) is 11.3 Å². The van der Waals surface area contributed by atoms with Crippen LogP contribution in [-0.4, -0.2) is 19.3 Å². The lowest BCUT2D eigenvalue weighted by atomic mass is 10.3. The molecule has 1 aromatic carbocycles. The number of aromatic nitrogens is 1. The number of hydrogen-bond donors (Lipinski definition) is 2. The molecule has 0 atom stereocenters. The van der Waals surface area contributed by atoms with Crippen LogP contribution in [0.15, 0.2) is 65.0 Å². The van der Waals surface area contributed by atoms with Gasteiger partial charge in [-0.1, -0.05) is 6.07 Å². The number of benzene rings is 1. The van der Waals surface area contributed by atoms with E-state index in [1.165, 1.54) is 29.7 Å². The normalized spacial score (nSPS) is 11.1. The summed E-state index contributed by atoms with van der Waals surface area (Å²) in [6.07, 6.45) is 1.34. The summed E-state index contributed by atoms with van der Waals surface area (Å²) in [4.78, 5) is 17.0. The second kappa shape index (κ2) is 7.63. The minimum atomic E-state index is -3.89. The number of pyridine rings is 1. The van der Waals surface area contributed by atoms with E-state index in [4.69, 9.17) is 0 Å². The average molecular weight is 391 g/mol. The fourth-order valence-electron chi connectivity index (χ4n) is 2.12. The van der Waals surface area contributed by atoms with Gasteiger partial charge in [-0.3, -0.25) is 14.5 Å². The van der Waals surface area contributed by atoms with Crippen molar-refractivity contribution in [2.24, 2.45) is 0 Å². The Morgan fingerprint density at radius 3 is 2.62 bits per heavy atom. The number of rotatable bonds is 6. The van der Waals surface area contributed by atoms with E-state index in [9.17, 15) is 17.6 Å². The zero-order chi connectivity index (χ0) is 18.6. The lowest BCUT2D eigenvalue weighted by Gasteiger charge is -2.09. The van der Waals surface area contributed by atoms with E-state index in [-0.39, 0.29) is 16.3 Å². The largest absolute Gasteiger partial charge is 0.346 e. The van der Waals surface area contributed by atoms with Crippen molar-refractivity contribution < 1.29 is 17.6 Å². The monoisotopic (exact) mass is 391 g/mol. The van der Waals surface area contributed by atoms with Gasteiger partial charge in [0.25, 0.3) is 15.9 Å². The quantitative estimate of drug-likeness (QED) is 0.676. The molecule has 0 bridgehead atoms. The summed E-state index contributed by atoms with van der Waals surface area (Å²) in [6.45, 7) is 0.365. The van der Waals surface area contributed by atoms with Gasteiger partial charge in [-0.25, -0.2) is 12.8 Å². The zero-order valence-electron chi connectivity index (χ0n) is 13.3. The number of halogens is 1. The van der Waals surface area contributed by atoms with E-state index >= 15 is 0 Å². The van der Waals surface area contributed by atoms with Crippen molar-refractivity contribution in [3.05, 3.63) is 76.5 Å². The predicted octanol–water partition coefficient (Wildman–Crippen LogP) is 3.01. The molecular formula is C17H14FN3O3S2. The van der Waals surface area contributed by atoms with Crippen LogP contribution in [0.5, 0.6) is 0 Å². The Kier molecular flexibility index (Phi) is 5.29. The molecule has 26 heavy (non-hydrogen) atoms. The molecular weight excluding hydrogens is 377 g/mol. The number of sulfonamides is 1. The maximum absolute atomic E-state index is 13.0. The number of hydrogen-bond acceptors (Lipinski definition) is 5. The first-order valence-electron chi connectivity index (χ1n) is 7.49. The van der Waals surface area contributed by atoms with Crippen LogP contribution in [0.2, 0.25) is 0 Å². The van der Waals surface area contributed by atoms with Gasteiger partial charge < -0.3 is 5.32 Å². The van der Waals surface area contributed by atoms with Gasteiger partial charge in [0.2, 0.25) is 0 Å². The summed E-state index contributed by atoms with van der Waals surface area (Å²) in [5, 5.41) is 4.63. The van der Waals surface area contributed by atoms with Crippen LogP contribution in [0.4, 0.5) is 10.1 Å². The fourth-order valence-corrected chi connectivity index (χ4v) is 3.81. The number of nitrogens with zero attached hydrogens (tertiary/aromatic N) is 1. The molecule has 0 unspecified atom stereocenters. The highest BCUT2D eigenvalue weighted by molar-refractivity contribution is 7.92. The van der Waals surface area contributed by atoms with Crippen LogP contribution in [0.25, 0.3) is 0 Å². The summed E-state index contributed by atoms with van der Waals surface area (Å²) in [5.41, 5.74) is 0.270. The Labute approximate surface area is 153 Å². The third kappa shape index (κ3) is 4.44. The van der Waals surface area contributed by atoms with E-state index in [2.05, 4.69) is 15.0 Å². The van der Waals surface area contributed by atoms with Crippen LogP contribution in [0.1, 0.15) is 15.4 Å². The molecule has 0 aliphatic heterocycles. The smallest absolute Gasteiger partial charge is 0.270 e. The molecule has 0 aliphatic rings. The predicted molar refractivity (Wildman–Crippen MR) is 96.9 cm³/mol. The standard InChI is InChI=1S/C17H14FN3O3S2/c18-12-3-5-15(6-4-12)26(23,24)21-13-7-8-19-16(10-13)17(22)20-11-14-2-1-9-25-14/h1-10H,11H2,(H,19,21)(H,20,22). The Morgan fingerprint density at radius 1 is 1.15 bits per heavy atom. The SMILES string of the molecule is O=C(NCc1cccs1)c1cc(NS(=O)(=O)c2ccc(F)cc2)ccn1. The highest BCUT2D eigenvalue weighted by Crippen LogP contribution is 2.17. The summed E-state index contributed by atoms with van der Waals surface area (Å²) in [6, 6.07) is 11.0. The van der Waals surface area contributed by atoms with Gasteiger partial charge in [0, 0.05) is 11.1 Å². The minimum absolute atomic E-state index is 0.0839. The topological polar surface area (TPSA) is 88.2 Å². The van der Waals surface area contributed by atoms with Crippen molar-refractivity contribution in [3.63, 3.8) is 0 Å². The number of carbonyl (C=O) groups is 1. The maximum Gasteiger partial charge on any atom is 0.270 e. The molecule has 6 nitrogen and oxygen atoms in total. The highest BCUT2D eigenvalue weighted by atomic mass is 32.2. The van der Waals surface area contributed by atoms with Crippen LogP contribution < -0.4 is 10.0 Å². The first kappa shape index (κ1) is 18.0. The second-order valence-corrected chi connectivity index (χ2v) is 7.97. The molecule has 0 spiro atoms. The van der Waals surface area contributed by atoms with E-state index in [0.717, 1.165) is 29.1 Å². The summed E-state index contributed by atoms with van der Waals surface area (Å²) < 4.78 is 39.9. The van der Waals surface area contributed by atoms with Crippen molar-refractivity contribution in [2.45, 2.75) is 11.4 Å². The number of amides is 1. The third-order valence-electron chi connectivity index (χ3n) is 3.37. The van der Waals surface area contributed by atoms with Crippen LogP contribution in [0.3, 0.4) is 0 Å². The number of anilines is 1. The molecule has 0 saturated carbocycles. The lowest BCUT2D eigenvalue weighted by molar-refractivity contribution is 0.0946. The Balaban J connectivity index is 1.72. The number of nitrogens with one attached hydrogen (secondary N) is 2. The van der Waals surface area contributed by atoms with Gasteiger partial charge >= 0.3 is 0 Å². The van der Waals surface area contributed by atoms with Gasteiger partial charge in [0.05, 0.1) is 17.1 Å². The van der Waals surface area contributed by atoms with Crippen LogP contribution in [0, 0.1) is 5.82 Å². The Hall–Kier alpha value is -2.78. The lowest BCUT2D eigenvalue weighted by Crippen LogP contribution is -2.23. The average Bonchev–Trinajstić information content (AvgIpc) is 3.13. The maximum atomic E-state index is 13.0. The zero-order valence-corrected chi connectivity index (χ0v) is 15.0. The molecule has 0 radical (unpaired) electrons. The molecule has 3 aromatic rings. The van der Waals surface area contributed by atoms with Crippen molar-refractivity contribution in [1.29, 1.82) is 0 Å². The summed E-state index contributed by atoms with van der Waals surface area (Å²) in [5.74, 6) is -0.946. The summed E-state index contributed by atoms with van der Waals surface area (Å²) >= 11 is 1.52. The molecule has 2 N–H and O–H groups in total. The van der Waals surface area contributed by atoms with Crippen molar-refractivity contribution in [1.82, 2.24) is 10.3 Å². The van der Waals surface area contributed by atoms with E-state index < -0.39 is 21.7 Å². The van der Waals surface area contributed by atoms with E-state index in [1.807, 2.05) is 17.5 Å². The molecule has 3 rings (SSSR count). The Morgan fingerprint density at radius 2 is 1.92 bits per heavy atom. The van der Waals surface area contributed by atoms with Crippen molar-refractivity contribution >= 4 is 33.0 Å². The Bertz CT molecular complexity index is 1000. The minimum Gasteiger partial charge on any atom is -0.346 e. The molecule has 2 aromatic heterocycles. The van der Waals surface area contributed by atoms with Gasteiger partial charge in [0.1, 0.15) is 11.5 Å². The number of carbonyl (C=O) groups excluding carboxylic acids is 1.